The van der Waals surface area contributed by atoms with Gasteiger partial charge in [-0.05, 0) is 29.8 Å². The lowest BCUT2D eigenvalue weighted by Gasteiger charge is -2.31. The highest BCUT2D eigenvalue weighted by molar-refractivity contribution is 6.02. The first-order valence-electron chi connectivity index (χ1n) is 9.80. The molecule has 0 radical (unpaired) electrons. The van der Waals surface area contributed by atoms with E-state index in [4.69, 9.17) is 19.8 Å². The van der Waals surface area contributed by atoms with Crippen molar-refractivity contribution in [2.75, 3.05) is 13.2 Å². The lowest BCUT2D eigenvalue weighted by molar-refractivity contribution is -0.124. The Hall–Kier alpha value is -3.69. The van der Waals surface area contributed by atoms with Gasteiger partial charge in [-0.1, -0.05) is 50.3 Å². The van der Waals surface area contributed by atoms with Crippen LogP contribution in [0, 0.1) is 5.41 Å². The van der Waals surface area contributed by atoms with Crippen LogP contribution in [0.4, 0.5) is 4.79 Å². The van der Waals surface area contributed by atoms with Crippen LogP contribution in [0.1, 0.15) is 35.9 Å². The number of alkyl carbamates (subject to hydrolysis) is 1. The number of aliphatic hydroxyl groups is 1. The fourth-order valence-corrected chi connectivity index (χ4v) is 2.86. The number of amides is 3. The van der Waals surface area contributed by atoms with E-state index in [1.165, 1.54) is 11.6 Å². The normalized spacial score (nSPS) is 12.1. The molecule has 2 aromatic carbocycles. The van der Waals surface area contributed by atoms with Crippen molar-refractivity contribution in [3.05, 3.63) is 77.9 Å². The minimum Gasteiger partial charge on any atom is -0.491 e. The molecule has 2 aromatic rings. The highest BCUT2D eigenvalue weighted by Crippen LogP contribution is 2.38. The molecule has 4 N–H and O–H groups in total. The summed E-state index contributed by atoms with van der Waals surface area (Å²) in [5, 5.41) is 19.8. The molecular formula is C23H26N2O7. The molecule has 32 heavy (non-hydrogen) atoms. The molecule has 9 heteroatoms. The maximum absolute atomic E-state index is 12.5. The molecule has 0 aromatic heterocycles. The van der Waals surface area contributed by atoms with E-state index in [1.54, 1.807) is 68.4 Å². The molecule has 9 nitrogen and oxygen atoms in total. The number of nitrogens with one attached hydrogen (secondary N) is 2. The number of rotatable bonds is 9. The Kier molecular flexibility index (Phi) is 8.94. The fraction of sp³-hybridized carbons (Fsp3) is 0.261. The van der Waals surface area contributed by atoms with Gasteiger partial charge >= 0.3 is 6.09 Å². The SMILES string of the molecule is CC(C)(/C=C/C(=O)NO)[C@@H](OC(=O)NC(=O)c1ccccc1)c1ccc(OCCO)cc1. The van der Waals surface area contributed by atoms with Crippen molar-refractivity contribution in [1.82, 2.24) is 10.8 Å². The number of hydrogen-bond acceptors (Lipinski definition) is 7. The third-order valence-electron chi connectivity index (χ3n) is 4.47. The van der Waals surface area contributed by atoms with Gasteiger partial charge in [0.15, 0.2) is 0 Å². The van der Waals surface area contributed by atoms with Crippen LogP contribution < -0.4 is 15.5 Å². The number of ether oxygens (including phenoxy) is 2. The average Bonchev–Trinajstić information content (AvgIpc) is 2.80. The van der Waals surface area contributed by atoms with Crippen molar-refractivity contribution in [2.24, 2.45) is 5.41 Å². The molecular weight excluding hydrogens is 416 g/mol. The van der Waals surface area contributed by atoms with Crippen molar-refractivity contribution < 1.29 is 34.2 Å². The van der Waals surface area contributed by atoms with Crippen molar-refractivity contribution >= 4 is 17.9 Å². The summed E-state index contributed by atoms with van der Waals surface area (Å²) in [6.07, 6.45) is 0.728. The summed E-state index contributed by atoms with van der Waals surface area (Å²) >= 11 is 0. The Morgan fingerprint density at radius 1 is 1.06 bits per heavy atom. The van der Waals surface area contributed by atoms with Crippen LogP contribution in [0.25, 0.3) is 0 Å². The average molecular weight is 442 g/mol. The van der Waals surface area contributed by atoms with Crippen molar-refractivity contribution in [3.63, 3.8) is 0 Å². The second-order valence-corrected chi connectivity index (χ2v) is 7.38. The molecule has 170 valence electrons. The number of benzene rings is 2. The summed E-state index contributed by atoms with van der Waals surface area (Å²) in [5.74, 6) is -0.846. The number of carbonyl (C=O) groups excluding carboxylic acids is 3. The number of hydrogen-bond donors (Lipinski definition) is 4. The summed E-state index contributed by atoms with van der Waals surface area (Å²) in [6, 6.07) is 14.8. The minimum atomic E-state index is -0.961. The first-order valence-corrected chi connectivity index (χ1v) is 9.80. The fourth-order valence-electron chi connectivity index (χ4n) is 2.86. The number of hydroxylamine groups is 1. The maximum Gasteiger partial charge on any atom is 0.414 e. The molecule has 0 fully saturated rings. The van der Waals surface area contributed by atoms with E-state index in [9.17, 15) is 14.4 Å². The van der Waals surface area contributed by atoms with E-state index in [0.717, 1.165) is 6.08 Å². The molecule has 0 aliphatic carbocycles. The van der Waals surface area contributed by atoms with Crippen LogP contribution in [0.15, 0.2) is 66.7 Å². The van der Waals surface area contributed by atoms with E-state index in [0.29, 0.717) is 16.9 Å². The first kappa shape index (κ1) is 24.6. The first-order chi connectivity index (χ1) is 15.3. The Balaban J connectivity index is 2.25. The van der Waals surface area contributed by atoms with Gasteiger partial charge in [0.05, 0.1) is 6.61 Å². The molecule has 0 saturated heterocycles. The minimum absolute atomic E-state index is 0.131. The molecule has 1 atom stereocenters. The van der Waals surface area contributed by atoms with E-state index < -0.39 is 29.4 Å². The molecule has 2 rings (SSSR count). The molecule has 0 aliphatic heterocycles. The molecule has 0 unspecified atom stereocenters. The van der Waals surface area contributed by atoms with E-state index in [-0.39, 0.29) is 13.2 Å². The topological polar surface area (TPSA) is 134 Å². The van der Waals surface area contributed by atoms with Crippen LogP contribution >= 0.6 is 0 Å². The van der Waals surface area contributed by atoms with Gasteiger partial charge in [-0.3, -0.25) is 20.1 Å². The number of carbonyl (C=O) groups is 3. The quantitative estimate of drug-likeness (QED) is 0.266. The van der Waals surface area contributed by atoms with Crippen LogP contribution in [-0.2, 0) is 9.53 Å². The van der Waals surface area contributed by atoms with Gasteiger partial charge in [-0.2, -0.15) is 0 Å². The summed E-state index contributed by atoms with van der Waals surface area (Å²) < 4.78 is 10.9. The second-order valence-electron chi connectivity index (χ2n) is 7.38. The lowest BCUT2D eigenvalue weighted by atomic mass is 9.82. The maximum atomic E-state index is 12.5. The largest absolute Gasteiger partial charge is 0.491 e. The molecule has 0 bridgehead atoms. The Morgan fingerprint density at radius 2 is 1.72 bits per heavy atom. The smallest absolute Gasteiger partial charge is 0.414 e. The van der Waals surface area contributed by atoms with Crippen LogP contribution in [0.2, 0.25) is 0 Å². The van der Waals surface area contributed by atoms with Crippen LogP contribution in [0.5, 0.6) is 5.75 Å². The van der Waals surface area contributed by atoms with Gasteiger partial charge < -0.3 is 14.6 Å². The van der Waals surface area contributed by atoms with Gasteiger partial charge in [0.25, 0.3) is 11.8 Å². The standard InChI is InChI=1S/C23H26N2O7/c1-23(2,13-12-19(27)25-30)20(16-8-10-18(11-9-16)31-15-14-26)32-22(29)24-21(28)17-6-4-3-5-7-17/h3-13,20,26,30H,14-15H2,1-2H3,(H,25,27)(H,24,28,29)/b13-12+/t20-/m0/s1. The zero-order chi connectivity index (χ0) is 23.6. The summed E-state index contributed by atoms with van der Waals surface area (Å²) in [5.41, 5.74) is 1.46. The molecule has 0 heterocycles. The highest BCUT2D eigenvalue weighted by atomic mass is 16.6. The second kappa shape index (κ2) is 11.6. The predicted octanol–water partition coefficient (Wildman–Crippen LogP) is 2.75. The summed E-state index contributed by atoms with van der Waals surface area (Å²) in [4.78, 5) is 36.2. The van der Waals surface area contributed by atoms with Crippen LogP contribution in [0.3, 0.4) is 0 Å². The Morgan fingerprint density at radius 3 is 2.31 bits per heavy atom. The third kappa shape index (κ3) is 7.22. The van der Waals surface area contributed by atoms with Gasteiger partial charge in [-0.15, -0.1) is 0 Å². The molecule has 0 aliphatic rings. The van der Waals surface area contributed by atoms with Crippen LogP contribution in [-0.4, -0.2) is 41.4 Å². The Labute approximate surface area is 185 Å². The van der Waals surface area contributed by atoms with Gasteiger partial charge in [0.1, 0.15) is 18.5 Å². The highest BCUT2D eigenvalue weighted by Gasteiger charge is 2.33. The van der Waals surface area contributed by atoms with Crippen molar-refractivity contribution in [2.45, 2.75) is 20.0 Å². The zero-order valence-corrected chi connectivity index (χ0v) is 17.8. The van der Waals surface area contributed by atoms with Crippen molar-refractivity contribution in [1.29, 1.82) is 0 Å². The monoisotopic (exact) mass is 442 g/mol. The van der Waals surface area contributed by atoms with E-state index in [1.807, 2.05) is 0 Å². The number of aliphatic hydroxyl groups excluding tert-OH is 1. The Bertz CT molecular complexity index is 941. The summed E-state index contributed by atoms with van der Waals surface area (Å²) in [6.45, 7) is 3.45. The number of imide groups is 1. The van der Waals surface area contributed by atoms with Gasteiger partial charge in [0, 0.05) is 17.1 Å². The lowest BCUT2D eigenvalue weighted by Crippen LogP contribution is -2.35. The predicted molar refractivity (Wildman–Crippen MR) is 115 cm³/mol. The third-order valence-corrected chi connectivity index (χ3v) is 4.47. The zero-order valence-electron chi connectivity index (χ0n) is 17.8. The molecule has 0 spiro atoms. The summed E-state index contributed by atoms with van der Waals surface area (Å²) in [7, 11) is 0. The van der Waals surface area contributed by atoms with Gasteiger partial charge in [0.2, 0.25) is 0 Å². The van der Waals surface area contributed by atoms with E-state index >= 15 is 0 Å². The molecule has 0 saturated carbocycles. The van der Waals surface area contributed by atoms with Crippen molar-refractivity contribution in [3.8, 4) is 5.75 Å². The van der Waals surface area contributed by atoms with Gasteiger partial charge in [-0.25, -0.2) is 10.3 Å². The van der Waals surface area contributed by atoms with E-state index in [2.05, 4.69) is 5.32 Å². The molecule has 3 amide bonds.